The summed E-state index contributed by atoms with van der Waals surface area (Å²) in [5.74, 6) is -5.13. The predicted octanol–water partition coefficient (Wildman–Crippen LogP) is 5.51. The number of carbonyl (C=O) groups is 1. The van der Waals surface area contributed by atoms with Crippen molar-refractivity contribution in [1.29, 1.82) is 0 Å². The lowest BCUT2D eigenvalue weighted by Crippen LogP contribution is -2.38. The molecule has 1 aliphatic heterocycles. The molecule has 0 amide bonds. The molecule has 8 heteroatoms. The average molecular weight is 467 g/mol. The van der Waals surface area contributed by atoms with Gasteiger partial charge in [0.2, 0.25) is 0 Å². The number of carboxylic acids is 1. The topological polar surface area (TPSA) is 73.7 Å². The molecule has 0 aliphatic carbocycles. The highest BCUT2D eigenvalue weighted by Crippen LogP contribution is 2.40. The van der Waals surface area contributed by atoms with Crippen molar-refractivity contribution in [2.75, 3.05) is 18.0 Å². The maximum absolute atomic E-state index is 13.8. The van der Waals surface area contributed by atoms with Gasteiger partial charge in [-0.15, -0.1) is 0 Å². The molecule has 3 rings (SSSR count). The normalized spacial score (nSPS) is 15.6. The fourth-order valence-corrected chi connectivity index (χ4v) is 3.62. The Kier molecular flexibility index (Phi) is 8.17. The number of halogens is 3. The zero-order chi connectivity index (χ0) is 25.1. The number of carboxylic acid groups (broad SMARTS) is 1. The van der Waals surface area contributed by atoms with Crippen LogP contribution in [0.15, 0.2) is 18.3 Å². The average Bonchev–Trinajstić information content (AvgIpc) is 2.66. The highest BCUT2D eigenvalue weighted by molar-refractivity contribution is 5.84. The second kappa shape index (κ2) is 10.1. The Labute approximate surface area is 193 Å². The number of aliphatic hydroxyl groups is 1. The van der Waals surface area contributed by atoms with Crippen LogP contribution in [-0.4, -0.2) is 39.9 Å². The van der Waals surface area contributed by atoms with Crippen LogP contribution in [0.25, 0.3) is 11.1 Å². The van der Waals surface area contributed by atoms with Crippen LogP contribution >= 0.6 is 0 Å². The summed E-state index contributed by atoms with van der Waals surface area (Å²) in [7, 11) is 0. The van der Waals surface area contributed by atoms with Gasteiger partial charge in [0.25, 0.3) is 0 Å². The summed E-state index contributed by atoms with van der Waals surface area (Å²) in [6.45, 7) is 12.7. The van der Waals surface area contributed by atoms with Crippen LogP contribution in [0.5, 0.6) is 0 Å². The van der Waals surface area contributed by atoms with Gasteiger partial charge in [0.15, 0.2) is 17.5 Å². The summed E-state index contributed by atoms with van der Waals surface area (Å²) >= 11 is 0. The molecule has 2 heterocycles. The van der Waals surface area contributed by atoms with Crippen molar-refractivity contribution in [2.24, 2.45) is 5.41 Å². The summed E-state index contributed by atoms with van der Waals surface area (Å²) in [6.07, 6.45) is 3.01. The van der Waals surface area contributed by atoms with Crippen LogP contribution in [0.4, 0.5) is 18.9 Å². The second-order valence-corrected chi connectivity index (χ2v) is 10.2. The number of rotatable bonds is 4. The number of hydrogen-bond donors (Lipinski definition) is 2. The molecule has 33 heavy (non-hydrogen) atoms. The van der Waals surface area contributed by atoms with Gasteiger partial charge < -0.3 is 15.1 Å². The number of aromatic nitrogens is 1. The van der Waals surface area contributed by atoms with Gasteiger partial charge in [-0.25, -0.2) is 13.2 Å². The van der Waals surface area contributed by atoms with Crippen molar-refractivity contribution in [1.82, 2.24) is 4.98 Å². The van der Waals surface area contributed by atoms with Gasteiger partial charge in [0.1, 0.15) is 0 Å². The fourth-order valence-electron chi connectivity index (χ4n) is 3.62. The number of piperidine rings is 1. The number of aryl methyl sites for hydroxylation is 1. The van der Waals surface area contributed by atoms with Gasteiger partial charge in [-0.3, -0.25) is 9.78 Å². The highest BCUT2D eigenvalue weighted by Gasteiger charge is 2.29. The van der Waals surface area contributed by atoms with E-state index in [2.05, 4.69) is 18.8 Å². The van der Waals surface area contributed by atoms with Gasteiger partial charge in [-0.1, -0.05) is 13.8 Å². The van der Waals surface area contributed by atoms with Gasteiger partial charge in [-0.05, 0) is 63.6 Å². The van der Waals surface area contributed by atoms with E-state index in [0.717, 1.165) is 25.0 Å². The van der Waals surface area contributed by atoms with Gasteiger partial charge >= 0.3 is 5.97 Å². The molecule has 1 fully saturated rings. The summed E-state index contributed by atoms with van der Waals surface area (Å²) in [4.78, 5) is 17.7. The predicted molar refractivity (Wildman–Crippen MR) is 123 cm³/mol. The number of anilines is 1. The number of benzene rings is 1. The van der Waals surface area contributed by atoms with E-state index in [1.165, 1.54) is 6.20 Å². The number of pyridine rings is 1. The molecule has 0 saturated carbocycles. The molecule has 1 saturated heterocycles. The van der Waals surface area contributed by atoms with E-state index >= 15 is 0 Å². The van der Waals surface area contributed by atoms with Crippen LogP contribution in [0.3, 0.4) is 0 Å². The van der Waals surface area contributed by atoms with Crippen molar-refractivity contribution >= 4 is 11.7 Å². The lowest BCUT2D eigenvalue weighted by Gasteiger charge is -2.40. The molecule has 1 aromatic heterocycles. The fraction of sp³-hybridized carbons (Fsp3) is 0.520. The zero-order valence-corrected chi connectivity index (χ0v) is 20.1. The van der Waals surface area contributed by atoms with Crippen LogP contribution in [0.1, 0.15) is 58.7 Å². The minimum Gasteiger partial charge on any atom is -0.481 e. The molecular formula is C25H33F3N2O3. The van der Waals surface area contributed by atoms with Crippen molar-refractivity contribution in [3.05, 3.63) is 47.0 Å². The van der Waals surface area contributed by atoms with Crippen molar-refractivity contribution in [3.8, 4) is 11.1 Å². The molecule has 2 N–H and O–H groups in total. The van der Waals surface area contributed by atoms with Crippen LogP contribution < -0.4 is 4.90 Å². The van der Waals surface area contributed by atoms with E-state index in [1.807, 2.05) is 4.90 Å². The Morgan fingerprint density at radius 1 is 1.12 bits per heavy atom. The largest absolute Gasteiger partial charge is 0.481 e. The van der Waals surface area contributed by atoms with E-state index in [4.69, 9.17) is 5.11 Å². The summed E-state index contributed by atoms with van der Waals surface area (Å²) in [5, 5.41) is 17.9. The monoisotopic (exact) mass is 466 g/mol. The number of nitrogens with zero attached hydrogens (tertiary/aromatic N) is 2. The lowest BCUT2D eigenvalue weighted by atomic mass is 9.82. The molecule has 2 aromatic rings. The summed E-state index contributed by atoms with van der Waals surface area (Å²) in [6, 6.07) is 1.85. The first kappa shape index (κ1) is 26.6. The number of aliphatic carboxylic acids is 1. The van der Waals surface area contributed by atoms with E-state index in [9.17, 15) is 23.1 Å². The maximum atomic E-state index is 13.8. The minimum atomic E-state index is -1.53. The zero-order valence-electron chi connectivity index (χ0n) is 20.1. The molecular weight excluding hydrogens is 433 g/mol. The quantitative estimate of drug-likeness (QED) is 0.582. The first-order valence-corrected chi connectivity index (χ1v) is 10.9. The van der Waals surface area contributed by atoms with E-state index in [-0.39, 0.29) is 17.4 Å². The third-order valence-electron chi connectivity index (χ3n) is 5.42. The third-order valence-corrected chi connectivity index (χ3v) is 5.42. The molecule has 0 bridgehead atoms. The second-order valence-electron chi connectivity index (χ2n) is 10.2. The van der Waals surface area contributed by atoms with Crippen LogP contribution in [-0.2, 0) is 11.2 Å². The Balaban J connectivity index is 0.000000696. The van der Waals surface area contributed by atoms with Crippen molar-refractivity contribution in [2.45, 2.75) is 66.4 Å². The molecule has 182 valence electrons. The molecule has 0 spiro atoms. The molecule has 0 atom stereocenters. The minimum absolute atomic E-state index is 0.135. The Hall–Kier alpha value is -2.61. The van der Waals surface area contributed by atoms with E-state index < -0.39 is 29.0 Å². The highest BCUT2D eigenvalue weighted by atomic mass is 19.2. The standard InChI is InChI=1S/C21H23F3N2O2.C4H10O/c1-12-14(10-18(27)28)20(26-6-4-21(2,3)5-7-26)15(11-25-12)13-8-16(22)19(24)17(23)9-13;1-4(2,3)5/h8-9,11H,4-7,10H2,1-3H3,(H,27,28);5H,1-3H3. The summed E-state index contributed by atoms with van der Waals surface area (Å²) < 4.78 is 41.1. The first-order valence-electron chi connectivity index (χ1n) is 10.9. The smallest absolute Gasteiger partial charge is 0.307 e. The van der Waals surface area contributed by atoms with E-state index in [0.29, 0.717) is 35.6 Å². The van der Waals surface area contributed by atoms with Crippen molar-refractivity contribution in [3.63, 3.8) is 0 Å². The molecule has 0 unspecified atom stereocenters. The SMILES string of the molecule is CC(C)(C)O.Cc1ncc(-c2cc(F)c(F)c(F)c2)c(N2CCC(C)(C)CC2)c1CC(=O)O. The molecule has 1 aromatic carbocycles. The molecule has 0 radical (unpaired) electrons. The van der Waals surface area contributed by atoms with Gasteiger partial charge in [0.05, 0.1) is 17.7 Å². The van der Waals surface area contributed by atoms with Gasteiger partial charge in [-0.2, -0.15) is 0 Å². The van der Waals surface area contributed by atoms with Gasteiger partial charge in [0, 0.05) is 36.1 Å². The Morgan fingerprint density at radius 3 is 2.06 bits per heavy atom. The lowest BCUT2D eigenvalue weighted by molar-refractivity contribution is -0.136. The van der Waals surface area contributed by atoms with Crippen LogP contribution in [0.2, 0.25) is 0 Å². The Morgan fingerprint density at radius 2 is 1.61 bits per heavy atom. The number of hydrogen-bond acceptors (Lipinski definition) is 4. The van der Waals surface area contributed by atoms with Crippen LogP contribution in [0, 0.1) is 29.8 Å². The molecule has 5 nitrogen and oxygen atoms in total. The molecule has 1 aliphatic rings. The third kappa shape index (κ3) is 7.45. The Bertz CT molecular complexity index is 978. The van der Waals surface area contributed by atoms with Crippen molar-refractivity contribution < 1.29 is 28.2 Å². The summed E-state index contributed by atoms with van der Waals surface area (Å²) in [5.41, 5.74) is 1.87. The first-order chi connectivity index (χ1) is 15.1. The maximum Gasteiger partial charge on any atom is 0.307 e. The van der Waals surface area contributed by atoms with E-state index in [1.54, 1.807) is 27.7 Å².